The van der Waals surface area contributed by atoms with Crippen LogP contribution >= 0.6 is 15.9 Å². The number of amides is 1. The monoisotopic (exact) mass is 412 g/mol. The molecule has 0 unspecified atom stereocenters. The van der Waals surface area contributed by atoms with Gasteiger partial charge in [0.2, 0.25) is 0 Å². The molecular weight excluding hydrogens is 396 g/mol. The van der Waals surface area contributed by atoms with Crippen molar-refractivity contribution in [2.24, 2.45) is 0 Å². The van der Waals surface area contributed by atoms with E-state index in [9.17, 15) is 9.59 Å². The predicted octanol–water partition coefficient (Wildman–Crippen LogP) is 3.96. The molecule has 26 heavy (non-hydrogen) atoms. The molecule has 0 atom stereocenters. The normalized spacial score (nSPS) is 10.5. The second-order valence-corrected chi connectivity index (χ2v) is 6.48. The average Bonchev–Trinajstić information content (AvgIpc) is 2.66. The first-order chi connectivity index (χ1) is 12.6. The summed E-state index contributed by atoms with van der Waals surface area (Å²) >= 11 is 3.41. The third-order valence-corrected chi connectivity index (χ3v) is 4.33. The van der Waals surface area contributed by atoms with Crippen molar-refractivity contribution in [3.63, 3.8) is 0 Å². The van der Waals surface area contributed by atoms with Crippen LogP contribution in [0.4, 0.5) is 0 Å². The molecule has 0 aliphatic carbocycles. The van der Waals surface area contributed by atoms with Crippen LogP contribution < -0.4 is 5.32 Å². The van der Waals surface area contributed by atoms with Crippen molar-refractivity contribution < 1.29 is 14.3 Å². The van der Waals surface area contributed by atoms with Gasteiger partial charge in [-0.1, -0.05) is 46.3 Å². The van der Waals surface area contributed by atoms with Crippen LogP contribution in [0.15, 0.2) is 59.1 Å². The Morgan fingerprint density at radius 2 is 1.85 bits per heavy atom. The maximum Gasteiger partial charge on any atom is 0.325 e. The molecule has 1 aromatic heterocycles. The van der Waals surface area contributed by atoms with Crippen LogP contribution in [-0.4, -0.2) is 30.0 Å². The van der Waals surface area contributed by atoms with Gasteiger partial charge in [-0.25, -0.2) is 4.98 Å². The van der Waals surface area contributed by atoms with Crippen molar-refractivity contribution in [3.05, 3.63) is 64.6 Å². The number of carbonyl (C=O) groups excluding carboxylic acids is 2. The van der Waals surface area contributed by atoms with Crippen LogP contribution in [0.25, 0.3) is 22.2 Å². The highest BCUT2D eigenvalue weighted by molar-refractivity contribution is 9.10. The zero-order valence-electron chi connectivity index (χ0n) is 14.2. The Kier molecular flexibility index (Phi) is 5.63. The molecule has 0 saturated carbocycles. The van der Waals surface area contributed by atoms with Gasteiger partial charge in [-0.3, -0.25) is 9.59 Å². The molecule has 1 N–H and O–H groups in total. The van der Waals surface area contributed by atoms with Crippen LogP contribution in [-0.2, 0) is 9.53 Å². The molecular formula is C20H17BrN2O3. The van der Waals surface area contributed by atoms with Crippen LogP contribution in [0.5, 0.6) is 0 Å². The van der Waals surface area contributed by atoms with Crippen molar-refractivity contribution in [3.8, 4) is 11.3 Å². The summed E-state index contributed by atoms with van der Waals surface area (Å²) in [5, 5.41) is 3.35. The Bertz CT molecular complexity index is 955. The predicted molar refractivity (Wildman–Crippen MR) is 104 cm³/mol. The Morgan fingerprint density at radius 1 is 1.12 bits per heavy atom. The van der Waals surface area contributed by atoms with Crippen LogP contribution in [0, 0.1) is 0 Å². The number of rotatable bonds is 5. The molecule has 0 fully saturated rings. The summed E-state index contributed by atoms with van der Waals surface area (Å²) in [6, 6.07) is 16.9. The van der Waals surface area contributed by atoms with Gasteiger partial charge in [0, 0.05) is 15.4 Å². The second kappa shape index (κ2) is 8.10. The van der Waals surface area contributed by atoms with Crippen molar-refractivity contribution in [2.75, 3.05) is 13.2 Å². The minimum atomic E-state index is -0.465. The number of pyridine rings is 1. The third kappa shape index (κ3) is 4.08. The highest BCUT2D eigenvalue weighted by Gasteiger charge is 2.15. The number of fused-ring (bicyclic) bond motifs is 1. The maximum absolute atomic E-state index is 12.7. The van der Waals surface area contributed by atoms with Gasteiger partial charge >= 0.3 is 5.97 Å². The van der Waals surface area contributed by atoms with E-state index in [0.717, 1.165) is 15.4 Å². The number of ether oxygens (including phenoxy) is 1. The minimum absolute atomic E-state index is 0.170. The fourth-order valence-electron chi connectivity index (χ4n) is 2.59. The number of nitrogens with one attached hydrogen (secondary N) is 1. The Morgan fingerprint density at radius 3 is 2.58 bits per heavy atom. The molecule has 0 aliphatic heterocycles. The first-order valence-corrected chi connectivity index (χ1v) is 8.97. The minimum Gasteiger partial charge on any atom is -0.465 e. The molecule has 0 bridgehead atoms. The van der Waals surface area contributed by atoms with Crippen molar-refractivity contribution in [1.82, 2.24) is 10.3 Å². The molecule has 1 heterocycles. The van der Waals surface area contributed by atoms with Gasteiger partial charge < -0.3 is 10.1 Å². The van der Waals surface area contributed by atoms with Crippen molar-refractivity contribution in [2.45, 2.75) is 6.92 Å². The van der Waals surface area contributed by atoms with E-state index in [4.69, 9.17) is 4.74 Å². The molecule has 3 aromatic rings. The lowest BCUT2D eigenvalue weighted by molar-refractivity contribution is -0.141. The summed E-state index contributed by atoms with van der Waals surface area (Å²) in [5.41, 5.74) is 2.78. The Labute approximate surface area is 159 Å². The lowest BCUT2D eigenvalue weighted by atomic mass is 10.0. The Hall–Kier alpha value is -2.73. The summed E-state index contributed by atoms with van der Waals surface area (Å²) in [6.45, 7) is 1.83. The number of hydrogen-bond acceptors (Lipinski definition) is 4. The number of para-hydroxylation sites is 1. The number of benzene rings is 2. The molecule has 0 aliphatic rings. The van der Waals surface area contributed by atoms with Crippen LogP contribution in [0.3, 0.4) is 0 Å². The van der Waals surface area contributed by atoms with Crippen LogP contribution in [0.1, 0.15) is 17.3 Å². The highest BCUT2D eigenvalue weighted by atomic mass is 79.9. The zero-order chi connectivity index (χ0) is 18.5. The van der Waals surface area contributed by atoms with Gasteiger partial charge in [0.15, 0.2) is 0 Å². The van der Waals surface area contributed by atoms with Crippen molar-refractivity contribution in [1.29, 1.82) is 0 Å². The van der Waals surface area contributed by atoms with E-state index < -0.39 is 5.97 Å². The zero-order valence-corrected chi connectivity index (χ0v) is 15.7. The van der Waals surface area contributed by atoms with E-state index in [1.807, 2.05) is 48.5 Å². The Balaban J connectivity index is 1.98. The summed E-state index contributed by atoms with van der Waals surface area (Å²) < 4.78 is 5.82. The quantitative estimate of drug-likeness (QED) is 0.643. The molecule has 1 amide bonds. The van der Waals surface area contributed by atoms with Crippen molar-refractivity contribution >= 4 is 38.7 Å². The summed E-state index contributed by atoms with van der Waals surface area (Å²) in [7, 11) is 0. The lowest BCUT2D eigenvalue weighted by Gasteiger charge is -2.10. The number of nitrogens with zero attached hydrogens (tertiary/aromatic N) is 1. The molecule has 0 spiro atoms. The second-order valence-electron chi connectivity index (χ2n) is 5.57. The molecule has 2 aromatic carbocycles. The molecule has 132 valence electrons. The van der Waals surface area contributed by atoms with Crippen LogP contribution in [0.2, 0.25) is 0 Å². The highest BCUT2D eigenvalue weighted by Crippen LogP contribution is 2.26. The van der Waals surface area contributed by atoms with Gasteiger partial charge in [0.25, 0.3) is 5.91 Å². The first kappa shape index (κ1) is 18.1. The number of aromatic nitrogens is 1. The number of esters is 1. The van der Waals surface area contributed by atoms with Gasteiger partial charge in [-0.15, -0.1) is 0 Å². The van der Waals surface area contributed by atoms with E-state index in [1.54, 1.807) is 13.0 Å². The smallest absolute Gasteiger partial charge is 0.325 e. The molecule has 5 nitrogen and oxygen atoms in total. The van der Waals surface area contributed by atoms with E-state index in [2.05, 4.69) is 26.2 Å². The largest absolute Gasteiger partial charge is 0.465 e. The van der Waals surface area contributed by atoms with Gasteiger partial charge in [-0.2, -0.15) is 0 Å². The number of hydrogen-bond donors (Lipinski definition) is 1. The standard InChI is InChI=1S/C20H17BrN2O3/c1-2-26-19(24)12-22-20(25)16-11-18(13-7-9-14(21)10-8-13)23-17-6-4-3-5-15(16)17/h3-11H,2,12H2,1H3,(H,22,25). The van der Waals surface area contributed by atoms with Gasteiger partial charge in [0.05, 0.1) is 23.4 Å². The SMILES string of the molecule is CCOC(=O)CNC(=O)c1cc(-c2ccc(Br)cc2)nc2ccccc12. The van der Waals surface area contributed by atoms with Gasteiger partial charge in [-0.05, 0) is 31.2 Å². The number of halogens is 1. The topological polar surface area (TPSA) is 68.3 Å². The molecule has 0 saturated heterocycles. The summed E-state index contributed by atoms with van der Waals surface area (Å²) in [6.07, 6.45) is 0. The van der Waals surface area contributed by atoms with Gasteiger partial charge in [0.1, 0.15) is 6.54 Å². The maximum atomic E-state index is 12.7. The summed E-state index contributed by atoms with van der Waals surface area (Å²) in [4.78, 5) is 28.8. The fourth-order valence-corrected chi connectivity index (χ4v) is 2.86. The average molecular weight is 413 g/mol. The summed E-state index contributed by atoms with van der Waals surface area (Å²) in [5.74, 6) is -0.803. The number of carbonyl (C=O) groups is 2. The third-order valence-electron chi connectivity index (χ3n) is 3.80. The molecule has 6 heteroatoms. The first-order valence-electron chi connectivity index (χ1n) is 8.18. The van der Waals surface area contributed by atoms with E-state index in [0.29, 0.717) is 16.8 Å². The fraction of sp³-hybridized carbons (Fsp3) is 0.150. The van der Waals surface area contributed by atoms with E-state index >= 15 is 0 Å². The molecule has 0 radical (unpaired) electrons. The molecule has 3 rings (SSSR count). The van der Waals surface area contributed by atoms with E-state index in [-0.39, 0.29) is 19.1 Å². The van der Waals surface area contributed by atoms with E-state index in [1.165, 1.54) is 0 Å². The lowest BCUT2D eigenvalue weighted by Crippen LogP contribution is -2.30.